The Morgan fingerprint density at radius 3 is 2.60 bits per heavy atom. The number of primary amides is 1. The first-order chi connectivity index (χ1) is 11.9. The van der Waals surface area contributed by atoms with Gasteiger partial charge in [0, 0.05) is 37.1 Å². The van der Waals surface area contributed by atoms with E-state index < -0.39 is 5.91 Å². The van der Waals surface area contributed by atoms with Crippen molar-refractivity contribution >= 4 is 28.2 Å². The Hall–Kier alpha value is -2.45. The average Bonchev–Trinajstić information content (AvgIpc) is 3.02. The number of anilines is 1. The quantitative estimate of drug-likeness (QED) is 0.779. The highest BCUT2D eigenvalue weighted by Crippen LogP contribution is 2.22. The number of rotatable bonds is 5. The fourth-order valence-electron chi connectivity index (χ4n) is 2.79. The van der Waals surface area contributed by atoms with Crippen molar-refractivity contribution in [3.05, 3.63) is 40.4 Å². The molecule has 3 rings (SSSR count). The predicted molar refractivity (Wildman–Crippen MR) is 96.5 cm³/mol. The molecule has 1 aromatic heterocycles. The van der Waals surface area contributed by atoms with E-state index in [0.717, 1.165) is 37.0 Å². The van der Waals surface area contributed by atoms with Crippen molar-refractivity contribution in [2.75, 3.05) is 37.6 Å². The van der Waals surface area contributed by atoms with Gasteiger partial charge in [-0.15, -0.1) is 11.3 Å². The number of aromatic nitrogens is 1. The molecule has 0 atom stereocenters. The number of aryl methyl sites for hydroxylation is 1. The highest BCUT2D eigenvalue weighted by molar-refractivity contribution is 7.13. The summed E-state index contributed by atoms with van der Waals surface area (Å²) in [5.41, 5.74) is 6.58. The lowest BCUT2D eigenvalue weighted by atomic mass is 10.1. The Balaban J connectivity index is 1.59. The number of aromatic hydroxyl groups is 1. The van der Waals surface area contributed by atoms with Gasteiger partial charge in [0.1, 0.15) is 5.75 Å². The largest absolute Gasteiger partial charge is 0.507 e. The fourth-order valence-corrected chi connectivity index (χ4v) is 3.64. The SMILES string of the molecule is Cc1csc(N2CCN(CC(=O)c3ccc(O)c(C(N)=O)c3)CC2)n1. The summed E-state index contributed by atoms with van der Waals surface area (Å²) in [5.74, 6) is -1.06. The third kappa shape index (κ3) is 3.97. The zero-order chi connectivity index (χ0) is 18.0. The van der Waals surface area contributed by atoms with Crippen molar-refractivity contribution in [2.45, 2.75) is 6.92 Å². The number of Topliss-reactive ketones (excluding diaryl/α,β-unsaturated/α-hetero) is 1. The smallest absolute Gasteiger partial charge is 0.252 e. The Labute approximate surface area is 149 Å². The maximum absolute atomic E-state index is 12.5. The summed E-state index contributed by atoms with van der Waals surface area (Å²) in [6.45, 7) is 5.43. The second-order valence-electron chi connectivity index (χ2n) is 6.05. The van der Waals surface area contributed by atoms with Gasteiger partial charge in [0.15, 0.2) is 10.9 Å². The van der Waals surface area contributed by atoms with Crippen molar-refractivity contribution in [3.8, 4) is 5.75 Å². The minimum absolute atomic E-state index is 0.0326. The lowest BCUT2D eigenvalue weighted by Crippen LogP contribution is -2.48. The number of piperazine rings is 1. The summed E-state index contributed by atoms with van der Waals surface area (Å²) in [6.07, 6.45) is 0. The molecule has 1 saturated heterocycles. The molecule has 2 heterocycles. The first-order valence-corrected chi connectivity index (χ1v) is 8.87. The van der Waals surface area contributed by atoms with E-state index in [2.05, 4.69) is 14.8 Å². The van der Waals surface area contributed by atoms with Gasteiger partial charge in [-0.25, -0.2) is 4.98 Å². The molecule has 3 N–H and O–H groups in total. The first-order valence-electron chi connectivity index (χ1n) is 7.99. The van der Waals surface area contributed by atoms with Gasteiger partial charge in [-0.05, 0) is 25.1 Å². The molecule has 1 amide bonds. The van der Waals surface area contributed by atoms with Gasteiger partial charge in [0.05, 0.1) is 17.8 Å². The molecular weight excluding hydrogens is 340 g/mol. The van der Waals surface area contributed by atoms with Gasteiger partial charge in [0.25, 0.3) is 5.91 Å². The van der Waals surface area contributed by atoms with E-state index in [4.69, 9.17) is 5.73 Å². The Morgan fingerprint density at radius 1 is 1.28 bits per heavy atom. The summed E-state index contributed by atoms with van der Waals surface area (Å²) in [5, 5.41) is 12.7. The Morgan fingerprint density at radius 2 is 2.00 bits per heavy atom. The fraction of sp³-hybridized carbons (Fsp3) is 0.353. The van der Waals surface area contributed by atoms with Crippen molar-refractivity contribution in [3.63, 3.8) is 0 Å². The highest BCUT2D eigenvalue weighted by Gasteiger charge is 2.22. The number of thiazole rings is 1. The van der Waals surface area contributed by atoms with Crippen molar-refractivity contribution in [1.82, 2.24) is 9.88 Å². The molecule has 8 heteroatoms. The van der Waals surface area contributed by atoms with E-state index in [9.17, 15) is 14.7 Å². The Bertz CT molecular complexity index is 797. The van der Waals surface area contributed by atoms with Crippen LogP contribution in [0.15, 0.2) is 23.6 Å². The van der Waals surface area contributed by atoms with Crippen molar-refractivity contribution < 1.29 is 14.7 Å². The van der Waals surface area contributed by atoms with Crippen LogP contribution in [0.2, 0.25) is 0 Å². The number of hydrogen-bond acceptors (Lipinski definition) is 7. The topological polar surface area (TPSA) is 99.8 Å². The first kappa shape index (κ1) is 17.4. The molecule has 7 nitrogen and oxygen atoms in total. The number of nitrogens with two attached hydrogens (primary N) is 1. The number of benzene rings is 1. The normalized spacial score (nSPS) is 15.3. The molecular formula is C17H20N4O3S. The second-order valence-corrected chi connectivity index (χ2v) is 6.89. The molecule has 1 aliphatic heterocycles. The molecule has 0 saturated carbocycles. The van der Waals surface area contributed by atoms with Gasteiger partial charge >= 0.3 is 0 Å². The van der Waals surface area contributed by atoms with Gasteiger partial charge in [-0.3, -0.25) is 14.5 Å². The number of ketones is 1. The second kappa shape index (κ2) is 7.20. The Kier molecular flexibility index (Phi) is 5.00. The van der Waals surface area contributed by atoms with Crippen LogP contribution in [0.3, 0.4) is 0 Å². The van der Waals surface area contributed by atoms with E-state index in [0.29, 0.717) is 5.56 Å². The molecule has 25 heavy (non-hydrogen) atoms. The zero-order valence-corrected chi connectivity index (χ0v) is 14.8. The van der Waals surface area contributed by atoms with Crippen LogP contribution in [0, 0.1) is 6.92 Å². The lowest BCUT2D eigenvalue weighted by Gasteiger charge is -2.34. The zero-order valence-electron chi connectivity index (χ0n) is 13.9. The van der Waals surface area contributed by atoms with Crippen LogP contribution in [0.25, 0.3) is 0 Å². The molecule has 1 aromatic carbocycles. The molecule has 2 aromatic rings. The number of carbonyl (C=O) groups excluding carboxylic acids is 2. The molecule has 132 valence electrons. The molecule has 0 unspecified atom stereocenters. The monoisotopic (exact) mass is 360 g/mol. The van der Waals surface area contributed by atoms with Crippen molar-refractivity contribution in [1.29, 1.82) is 0 Å². The van der Waals surface area contributed by atoms with Crippen LogP contribution in [0.1, 0.15) is 26.4 Å². The van der Waals surface area contributed by atoms with E-state index in [-0.39, 0.29) is 23.6 Å². The minimum atomic E-state index is -0.750. The summed E-state index contributed by atoms with van der Waals surface area (Å²) < 4.78 is 0. The van der Waals surface area contributed by atoms with Gasteiger partial charge in [-0.2, -0.15) is 0 Å². The molecule has 1 fully saturated rings. The maximum Gasteiger partial charge on any atom is 0.252 e. The number of nitrogens with zero attached hydrogens (tertiary/aromatic N) is 3. The molecule has 0 aliphatic carbocycles. The van der Waals surface area contributed by atoms with Crippen LogP contribution in [0.5, 0.6) is 5.75 Å². The van der Waals surface area contributed by atoms with Gasteiger partial charge < -0.3 is 15.7 Å². The summed E-state index contributed by atoms with van der Waals surface area (Å²) >= 11 is 1.64. The van der Waals surface area contributed by atoms with Crippen LogP contribution in [0.4, 0.5) is 5.13 Å². The third-order valence-electron chi connectivity index (χ3n) is 4.20. The van der Waals surface area contributed by atoms with Crippen LogP contribution in [-0.4, -0.2) is 59.4 Å². The van der Waals surface area contributed by atoms with Crippen molar-refractivity contribution in [2.24, 2.45) is 5.73 Å². The van der Waals surface area contributed by atoms with E-state index in [1.54, 1.807) is 11.3 Å². The van der Waals surface area contributed by atoms with Crippen LogP contribution < -0.4 is 10.6 Å². The molecule has 0 spiro atoms. The van der Waals surface area contributed by atoms with Gasteiger partial charge in [-0.1, -0.05) is 0 Å². The van der Waals surface area contributed by atoms with E-state index in [1.807, 2.05) is 12.3 Å². The standard InChI is InChI=1S/C17H20N4O3S/c1-11-10-25-17(19-11)21-6-4-20(5-7-21)9-15(23)12-2-3-14(22)13(8-12)16(18)24/h2-3,8,10,22H,4-7,9H2,1H3,(H2,18,24). The third-order valence-corrected chi connectivity index (χ3v) is 5.22. The lowest BCUT2D eigenvalue weighted by molar-refractivity contribution is 0.0926. The molecule has 0 bridgehead atoms. The predicted octanol–water partition coefficient (Wildman–Crippen LogP) is 1.26. The highest BCUT2D eigenvalue weighted by atomic mass is 32.1. The summed E-state index contributed by atoms with van der Waals surface area (Å²) in [6, 6.07) is 4.20. The molecule has 1 aliphatic rings. The maximum atomic E-state index is 12.5. The number of carbonyl (C=O) groups is 2. The molecule has 0 radical (unpaired) electrons. The van der Waals surface area contributed by atoms with E-state index in [1.165, 1.54) is 18.2 Å². The van der Waals surface area contributed by atoms with Gasteiger partial charge in [0.2, 0.25) is 0 Å². The number of phenols is 1. The van der Waals surface area contributed by atoms with Crippen LogP contribution >= 0.6 is 11.3 Å². The summed E-state index contributed by atoms with van der Waals surface area (Å²) in [7, 11) is 0. The number of amides is 1. The average molecular weight is 360 g/mol. The minimum Gasteiger partial charge on any atom is -0.507 e. The number of hydrogen-bond donors (Lipinski definition) is 2. The van der Waals surface area contributed by atoms with E-state index >= 15 is 0 Å². The summed E-state index contributed by atoms with van der Waals surface area (Å²) in [4.78, 5) is 32.5. The van der Waals surface area contributed by atoms with Crippen LogP contribution in [-0.2, 0) is 0 Å².